The van der Waals surface area contributed by atoms with E-state index in [2.05, 4.69) is 11.9 Å². The van der Waals surface area contributed by atoms with Crippen LogP contribution in [0.15, 0.2) is 0 Å². The minimum Gasteiger partial charge on any atom is -0.370 e. The molecule has 0 aromatic carbocycles. The highest BCUT2D eigenvalue weighted by atomic mass is 16.1. The fraction of sp³-hybridized carbons (Fsp3) is 0.909. The standard InChI is InChI=1S/C11H23N3O/c1-14(7-6-12)10-4-2-9(3-5-10)8-11(13)15/h9-10H,2-8,12H2,1H3,(H2,13,15). The molecular weight excluding hydrogens is 190 g/mol. The SMILES string of the molecule is CN(CCN)C1CCC(CC(N)=O)CC1. The van der Waals surface area contributed by atoms with Gasteiger partial charge in [0.2, 0.25) is 5.91 Å². The van der Waals surface area contributed by atoms with E-state index < -0.39 is 0 Å². The molecule has 0 spiro atoms. The number of carbonyl (C=O) groups excluding carboxylic acids is 1. The van der Waals surface area contributed by atoms with Crippen molar-refractivity contribution in [1.29, 1.82) is 0 Å². The summed E-state index contributed by atoms with van der Waals surface area (Å²) in [7, 11) is 2.13. The summed E-state index contributed by atoms with van der Waals surface area (Å²) < 4.78 is 0. The predicted octanol–water partition coefficient (Wildman–Crippen LogP) is 0.311. The van der Waals surface area contributed by atoms with Gasteiger partial charge in [-0.1, -0.05) is 0 Å². The number of hydrogen-bond acceptors (Lipinski definition) is 3. The Bertz CT molecular complexity index is 200. The molecule has 0 unspecified atom stereocenters. The second-order valence-electron chi connectivity index (χ2n) is 4.61. The van der Waals surface area contributed by atoms with E-state index in [0.29, 0.717) is 18.4 Å². The van der Waals surface area contributed by atoms with Crippen molar-refractivity contribution in [3.63, 3.8) is 0 Å². The molecule has 1 rings (SSSR count). The van der Waals surface area contributed by atoms with Crippen molar-refractivity contribution in [1.82, 2.24) is 4.90 Å². The summed E-state index contributed by atoms with van der Waals surface area (Å²) in [5.41, 5.74) is 10.7. The molecule has 4 N–H and O–H groups in total. The van der Waals surface area contributed by atoms with Crippen molar-refractivity contribution in [2.24, 2.45) is 17.4 Å². The Morgan fingerprint density at radius 3 is 2.40 bits per heavy atom. The van der Waals surface area contributed by atoms with E-state index in [4.69, 9.17) is 11.5 Å². The highest BCUT2D eigenvalue weighted by Gasteiger charge is 2.24. The number of rotatable bonds is 5. The van der Waals surface area contributed by atoms with Crippen LogP contribution >= 0.6 is 0 Å². The first-order valence-electron chi connectivity index (χ1n) is 5.82. The van der Waals surface area contributed by atoms with Crippen molar-refractivity contribution in [2.45, 2.75) is 38.1 Å². The monoisotopic (exact) mass is 213 g/mol. The maximum atomic E-state index is 10.8. The van der Waals surface area contributed by atoms with Crippen LogP contribution in [0.1, 0.15) is 32.1 Å². The number of likely N-dealkylation sites (N-methyl/N-ethyl adjacent to an activating group) is 1. The van der Waals surface area contributed by atoms with Crippen molar-refractivity contribution in [3.8, 4) is 0 Å². The van der Waals surface area contributed by atoms with Gasteiger partial charge in [0, 0.05) is 25.6 Å². The second-order valence-corrected chi connectivity index (χ2v) is 4.61. The highest BCUT2D eigenvalue weighted by molar-refractivity contribution is 5.73. The third-order valence-electron chi connectivity index (χ3n) is 3.41. The number of nitrogens with zero attached hydrogens (tertiary/aromatic N) is 1. The first kappa shape index (κ1) is 12.5. The molecule has 0 aromatic rings. The molecule has 0 heterocycles. The van der Waals surface area contributed by atoms with Crippen LogP contribution in [0.5, 0.6) is 0 Å². The van der Waals surface area contributed by atoms with Crippen LogP contribution in [-0.2, 0) is 4.79 Å². The highest BCUT2D eigenvalue weighted by Crippen LogP contribution is 2.28. The molecule has 15 heavy (non-hydrogen) atoms. The average molecular weight is 213 g/mol. The first-order chi connectivity index (χ1) is 7.13. The molecule has 1 amide bonds. The lowest BCUT2D eigenvalue weighted by molar-refractivity contribution is -0.119. The summed E-state index contributed by atoms with van der Waals surface area (Å²) in [5, 5.41) is 0. The van der Waals surface area contributed by atoms with Gasteiger partial charge in [0.15, 0.2) is 0 Å². The third kappa shape index (κ3) is 4.18. The fourth-order valence-corrected chi connectivity index (χ4v) is 2.46. The van der Waals surface area contributed by atoms with E-state index >= 15 is 0 Å². The smallest absolute Gasteiger partial charge is 0.217 e. The summed E-state index contributed by atoms with van der Waals surface area (Å²) in [6.45, 7) is 1.68. The van der Waals surface area contributed by atoms with Crippen molar-refractivity contribution < 1.29 is 4.79 Å². The van der Waals surface area contributed by atoms with Gasteiger partial charge in [-0.25, -0.2) is 0 Å². The maximum Gasteiger partial charge on any atom is 0.217 e. The van der Waals surface area contributed by atoms with Gasteiger partial charge < -0.3 is 16.4 Å². The van der Waals surface area contributed by atoms with E-state index in [9.17, 15) is 4.79 Å². The van der Waals surface area contributed by atoms with Crippen LogP contribution in [0.25, 0.3) is 0 Å². The maximum absolute atomic E-state index is 10.8. The number of nitrogens with two attached hydrogens (primary N) is 2. The van der Waals surface area contributed by atoms with Gasteiger partial charge in [-0.3, -0.25) is 4.79 Å². The molecular formula is C11H23N3O. The Labute approximate surface area is 92.0 Å². The molecule has 0 saturated heterocycles. The van der Waals surface area contributed by atoms with Crippen LogP contribution in [0.4, 0.5) is 0 Å². The van der Waals surface area contributed by atoms with Crippen molar-refractivity contribution >= 4 is 5.91 Å². The molecule has 88 valence electrons. The molecule has 0 atom stereocenters. The van der Waals surface area contributed by atoms with E-state index in [-0.39, 0.29) is 5.91 Å². The normalized spacial score (nSPS) is 26.9. The molecule has 1 aliphatic carbocycles. The van der Waals surface area contributed by atoms with Gasteiger partial charge >= 0.3 is 0 Å². The zero-order valence-corrected chi connectivity index (χ0v) is 9.61. The zero-order valence-electron chi connectivity index (χ0n) is 9.61. The summed E-state index contributed by atoms with van der Waals surface area (Å²) in [5.74, 6) is 0.360. The Hall–Kier alpha value is -0.610. The summed E-state index contributed by atoms with van der Waals surface area (Å²) in [6.07, 6.45) is 5.17. The predicted molar refractivity (Wildman–Crippen MR) is 61.2 cm³/mol. The number of primary amides is 1. The van der Waals surface area contributed by atoms with Gasteiger partial charge in [0.1, 0.15) is 0 Å². The van der Waals surface area contributed by atoms with Crippen LogP contribution in [0, 0.1) is 5.92 Å². The number of hydrogen-bond donors (Lipinski definition) is 2. The average Bonchev–Trinajstić information content (AvgIpc) is 2.18. The zero-order chi connectivity index (χ0) is 11.3. The molecule has 1 fully saturated rings. The minimum atomic E-state index is -0.159. The second kappa shape index (κ2) is 6.08. The van der Waals surface area contributed by atoms with E-state index in [1.54, 1.807) is 0 Å². The molecule has 0 radical (unpaired) electrons. The number of carbonyl (C=O) groups is 1. The lowest BCUT2D eigenvalue weighted by atomic mass is 9.83. The van der Waals surface area contributed by atoms with Gasteiger partial charge in [0.05, 0.1) is 0 Å². The fourth-order valence-electron chi connectivity index (χ4n) is 2.46. The summed E-state index contributed by atoms with van der Waals surface area (Å²) >= 11 is 0. The third-order valence-corrected chi connectivity index (χ3v) is 3.41. The molecule has 4 heteroatoms. The molecule has 0 bridgehead atoms. The van der Waals surface area contributed by atoms with Crippen molar-refractivity contribution in [2.75, 3.05) is 20.1 Å². The summed E-state index contributed by atoms with van der Waals surface area (Å²) in [4.78, 5) is 13.1. The Morgan fingerprint density at radius 1 is 1.33 bits per heavy atom. The molecule has 4 nitrogen and oxygen atoms in total. The van der Waals surface area contributed by atoms with E-state index in [1.807, 2.05) is 0 Å². The Kier molecular flexibility index (Phi) is 5.05. The largest absolute Gasteiger partial charge is 0.370 e. The van der Waals surface area contributed by atoms with Crippen LogP contribution in [-0.4, -0.2) is 37.0 Å². The molecule has 1 saturated carbocycles. The lowest BCUT2D eigenvalue weighted by Crippen LogP contribution is -2.38. The molecule has 0 aromatic heterocycles. The quantitative estimate of drug-likeness (QED) is 0.690. The van der Waals surface area contributed by atoms with Gasteiger partial charge in [-0.2, -0.15) is 0 Å². The topological polar surface area (TPSA) is 72.3 Å². The van der Waals surface area contributed by atoms with Crippen LogP contribution in [0.2, 0.25) is 0 Å². The Balaban J connectivity index is 2.26. The van der Waals surface area contributed by atoms with Crippen LogP contribution < -0.4 is 11.5 Å². The van der Waals surface area contributed by atoms with Gasteiger partial charge in [0.25, 0.3) is 0 Å². The van der Waals surface area contributed by atoms with Crippen LogP contribution in [0.3, 0.4) is 0 Å². The van der Waals surface area contributed by atoms with E-state index in [1.165, 1.54) is 12.8 Å². The Morgan fingerprint density at radius 2 is 1.93 bits per heavy atom. The van der Waals surface area contributed by atoms with Gasteiger partial charge in [-0.15, -0.1) is 0 Å². The molecule has 0 aliphatic heterocycles. The first-order valence-corrected chi connectivity index (χ1v) is 5.82. The van der Waals surface area contributed by atoms with Crippen molar-refractivity contribution in [3.05, 3.63) is 0 Å². The lowest BCUT2D eigenvalue weighted by Gasteiger charge is -2.34. The molecule has 1 aliphatic rings. The van der Waals surface area contributed by atoms with Gasteiger partial charge in [-0.05, 0) is 38.6 Å². The van der Waals surface area contributed by atoms with E-state index in [0.717, 1.165) is 25.9 Å². The summed E-state index contributed by atoms with van der Waals surface area (Å²) in [6, 6.07) is 0.651. The number of amides is 1. The minimum absolute atomic E-state index is 0.159.